The molecule has 1 atom stereocenters. The molecular formula is C30H29ClNP. The molecule has 0 aliphatic rings. The number of halogens is 1. The molecule has 0 aliphatic carbocycles. The normalized spacial score (nSPS) is 11.2. The van der Waals surface area contributed by atoms with Gasteiger partial charge in [-0.3, -0.25) is 0 Å². The fourth-order valence-electron chi connectivity index (χ4n) is 3.49. The molecule has 0 aliphatic heterocycles. The van der Waals surface area contributed by atoms with Gasteiger partial charge >= 0.3 is 0 Å². The molecule has 1 unspecified atom stereocenters. The van der Waals surface area contributed by atoms with Crippen LogP contribution in [0.5, 0.6) is 0 Å². The number of aryl methyl sites for hydroxylation is 1. The zero-order chi connectivity index (χ0) is 23.3. The number of alkyl halides is 1. The molecule has 3 heteroatoms. The number of nitrogens with zero attached hydrogens (tertiary/aromatic N) is 1. The molecule has 0 saturated heterocycles. The van der Waals surface area contributed by atoms with Crippen LogP contribution in [0.25, 0.3) is 0 Å². The number of nitriles is 1. The Bertz CT molecular complexity index is 1030. The summed E-state index contributed by atoms with van der Waals surface area (Å²) in [7, 11) is -0.446. The molecule has 0 bridgehead atoms. The van der Waals surface area contributed by atoms with Crippen molar-refractivity contribution in [2.45, 2.75) is 25.6 Å². The Morgan fingerprint density at radius 2 is 1.15 bits per heavy atom. The number of benzene rings is 4. The van der Waals surface area contributed by atoms with E-state index in [0.29, 0.717) is 5.88 Å². The molecule has 4 aromatic rings. The highest BCUT2D eigenvalue weighted by molar-refractivity contribution is 7.79. The van der Waals surface area contributed by atoms with Crippen LogP contribution < -0.4 is 15.9 Å². The van der Waals surface area contributed by atoms with Crippen LogP contribution in [-0.4, -0.2) is 0 Å². The fraction of sp³-hybridized carbons (Fsp3) is 0.167. The summed E-state index contributed by atoms with van der Waals surface area (Å²) in [5, 5.41) is 12.8. The Labute approximate surface area is 204 Å². The Morgan fingerprint density at radius 3 is 1.58 bits per heavy atom. The molecule has 0 N–H and O–H groups in total. The van der Waals surface area contributed by atoms with Gasteiger partial charge in [0, 0.05) is 11.8 Å². The third-order valence-electron chi connectivity index (χ3n) is 5.28. The van der Waals surface area contributed by atoms with Crippen LogP contribution in [0.15, 0.2) is 115 Å². The first kappa shape index (κ1) is 24.7. The summed E-state index contributed by atoms with van der Waals surface area (Å²) in [6.07, 6.45) is 1.88. The highest BCUT2D eigenvalue weighted by atomic mass is 35.5. The molecule has 0 radical (unpaired) electrons. The molecule has 0 fully saturated rings. The lowest BCUT2D eigenvalue weighted by molar-refractivity contribution is 0.660. The Hall–Kier alpha value is -2.91. The maximum atomic E-state index is 8.64. The van der Waals surface area contributed by atoms with Crippen LogP contribution in [0.2, 0.25) is 0 Å². The van der Waals surface area contributed by atoms with E-state index in [1.807, 2.05) is 19.1 Å². The first-order valence-electron chi connectivity index (χ1n) is 11.2. The standard InChI is InChI=1S/C18H15P.C12H14ClN/c1-4-10-16(11-5-1)19(17-12-6-2-7-13-17)18-14-8-3-9-15-18;1-10(9-14)5-6-11-3-2-4-12(7-11)8-13/h1-15H;2-4,7,10H,5-6,8H2,1H3. The highest BCUT2D eigenvalue weighted by Crippen LogP contribution is 2.32. The molecule has 4 rings (SSSR count). The second-order valence-electron chi connectivity index (χ2n) is 7.86. The van der Waals surface area contributed by atoms with Crippen molar-refractivity contribution in [1.29, 1.82) is 5.26 Å². The van der Waals surface area contributed by atoms with Gasteiger partial charge in [0.05, 0.1) is 6.07 Å². The van der Waals surface area contributed by atoms with Crippen molar-refractivity contribution >= 4 is 35.4 Å². The van der Waals surface area contributed by atoms with Crippen molar-refractivity contribution in [2.24, 2.45) is 5.92 Å². The summed E-state index contributed by atoms with van der Waals surface area (Å²) < 4.78 is 0. The van der Waals surface area contributed by atoms with Crippen LogP contribution in [0.4, 0.5) is 0 Å². The third kappa shape index (κ3) is 7.87. The molecule has 0 heterocycles. The van der Waals surface area contributed by atoms with E-state index in [2.05, 4.69) is 109 Å². The molecule has 33 heavy (non-hydrogen) atoms. The Kier molecular flexibility index (Phi) is 10.2. The lowest BCUT2D eigenvalue weighted by Crippen LogP contribution is -2.20. The molecule has 0 saturated carbocycles. The van der Waals surface area contributed by atoms with Gasteiger partial charge < -0.3 is 0 Å². The molecule has 0 amide bonds. The molecule has 166 valence electrons. The van der Waals surface area contributed by atoms with Crippen molar-refractivity contribution in [3.63, 3.8) is 0 Å². The van der Waals surface area contributed by atoms with Crippen LogP contribution in [0, 0.1) is 17.2 Å². The van der Waals surface area contributed by atoms with Crippen molar-refractivity contribution < 1.29 is 0 Å². The third-order valence-corrected chi connectivity index (χ3v) is 8.03. The van der Waals surface area contributed by atoms with Gasteiger partial charge in [-0.05, 0) is 54.7 Å². The second-order valence-corrected chi connectivity index (χ2v) is 10.4. The lowest BCUT2D eigenvalue weighted by Gasteiger charge is -2.18. The van der Waals surface area contributed by atoms with E-state index in [-0.39, 0.29) is 5.92 Å². The van der Waals surface area contributed by atoms with E-state index in [1.54, 1.807) is 0 Å². The fourth-order valence-corrected chi connectivity index (χ4v) is 5.97. The largest absolute Gasteiger partial charge is 0.198 e. The summed E-state index contributed by atoms with van der Waals surface area (Å²) in [4.78, 5) is 0. The topological polar surface area (TPSA) is 23.8 Å². The average molecular weight is 470 g/mol. The van der Waals surface area contributed by atoms with E-state index in [0.717, 1.165) is 18.4 Å². The van der Waals surface area contributed by atoms with Gasteiger partial charge in [-0.2, -0.15) is 5.26 Å². The first-order valence-corrected chi connectivity index (χ1v) is 13.1. The number of hydrogen-bond acceptors (Lipinski definition) is 1. The second kappa shape index (κ2) is 13.6. The monoisotopic (exact) mass is 469 g/mol. The average Bonchev–Trinajstić information content (AvgIpc) is 2.90. The minimum Gasteiger partial charge on any atom is -0.198 e. The summed E-state index contributed by atoms with van der Waals surface area (Å²) in [5.74, 6) is 0.691. The molecule has 1 nitrogen and oxygen atoms in total. The van der Waals surface area contributed by atoms with Crippen LogP contribution in [-0.2, 0) is 12.3 Å². The Morgan fingerprint density at radius 1 is 0.697 bits per heavy atom. The van der Waals surface area contributed by atoms with Gasteiger partial charge in [-0.1, -0.05) is 115 Å². The predicted molar refractivity (Wildman–Crippen MR) is 144 cm³/mol. The molecule has 4 aromatic carbocycles. The molecular weight excluding hydrogens is 441 g/mol. The van der Waals surface area contributed by atoms with Crippen LogP contribution >= 0.6 is 19.5 Å². The molecule has 0 spiro atoms. The maximum Gasteiger partial charge on any atom is 0.0652 e. The number of hydrogen-bond donors (Lipinski definition) is 0. The maximum absolute atomic E-state index is 8.64. The minimum absolute atomic E-state index is 0.134. The van der Waals surface area contributed by atoms with E-state index in [4.69, 9.17) is 16.9 Å². The van der Waals surface area contributed by atoms with Gasteiger partial charge in [0.15, 0.2) is 0 Å². The van der Waals surface area contributed by atoms with Gasteiger partial charge in [0.2, 0.25) is 0 Å². The summed E-state index contributed by atoms with van der Waals surface area (Å²) in [5.41, 5.74) is 2.42. The SMILES string of the molecule is CC(C#N)CCc1cccc(CCl)c1.c1ccc(P(c2ccccc2)c2ccccc2)cc1. The Balaban J connectivity index is 0.000000196. The number of rotatable bonds is 7. The van der Waals surface area contributed by atoms with Crippen molar-refractivity contribution in [3.05, 3.63) is 126 Å². The zero-order valence-corrected chi connectivity index (χ0v) is 20.6. The highest BCUT2D eigenvalue weighted by Gasteiger charge is 2.15. The lowest BCUT2D eigenvalue weighted by atomic mass is 10.0. The van der Waals surface area contributed by atoms with Gasteiger partial charge in [0.1, 0.15) is 0 Å². The van der Waals surface area contributed by atoms with Crippen LogP contribution in [0.1, 0.15) is 24.5 Å². The first-order chi connectivity index (χ1) is 16.2. The van der Waals surface area contributed by atoms with Gasteiger partial charge in [0.25, 0.3) is 0 Å². The molecule has 0 aromatic heterocycles. The van der Waals surface area contributed by atoms with E-state index in [1.165, 1.54) is 21.5 Å². The van der Waals surface area contributed by atoms with Crippen LogP contribution in [0.3, 0.4) is 0 Å². The zero-order valence-electron chi connectivity index (χ0n) is 18.9. The summed E-state index contributed by atoms with van der Waals surface area (Å²) in [6, 6.07) is 42.8. The van der Waals surface area contributed by atoms with Crippen molar-refractivity contribution in [3.8, 4) is 6.07 Å². The van der Waals surface area contributed by atoms with E-state index < -0.39 is 7.92 Å². The summed E-state index contributed by atoms with van der Waals surface area (Å²) in [6.45, 7) is 1.95. The van der Waals surface area contributed by atoms with E-state index >= 15 is 0 Å². The summed E-state index contributed by atoms with van der Waals surface area (Å²) >= 11 is 5.74. The van der Waals surface area contributed by atoms with Crippen molar-refractivity contribution in [1.82, 2.24) is 0 Å². The minimum atomic E-state index is -0.446. The predicted octanol–water partition coefficient (Wildman–Crippen LogP) is 6.96. The van der Waals surface area contributed by atoms with E-state index in [9.17, 15) is 0 Å². The van der Waals surface area contributed by atoms with Gasteiger partial charge in [-0.25, -0.2) is 0 Å². The van der Waals surface area contributed by atoms with Crippen molar-refractivity contribution in [2.75, 3.05) is 0 Å². The quantitative estimate of drug-likeness (QED) is 0.212. The van der Waals surface area contributed by atoms with Gasteiger partial charge in [-0.15, -0.1) is 11.6 Å². The smallest absolute Gasteiger partial charge is 0.0652 e.